The molecule has 2 atom stereocenters. The highest BCUT2D eigenvalue weighted by Gasteiger charge is 2.56. The van der Waals surface area contributed by atoms with Gasteiger partial charge in [-0.3, -0.25) is 0 Å². The topological polar surface area (TPSA) is 27.7 Å². The van der Waals surface area contributed by atoms with Gasteiger partial charge < -0.3 is 4.74 Å². The van der Waals surface area contributed by atoms with E-state index < -0.39 is 6.29 Å². The third-order valence-electron chi connectivity index (χ3n) is 4.14. The van der Waals surface area contributed by atoms with Crippen molar-refractivity contribution < 1.29 is 14.5 Å². The molecule has 0 spiro atoms. The molecule has 2 aromatic carbocycles. The highest BCUT2D eigenvalue weighted by molar-refractivity contribution is 5.32. The van der Waals surface area contributed by atoms with Gasteiger partial charge in [0.2, 0.25) is 12.6 Å². The summed E-state index contributed by atoms with van der Waals surface area (Å²) in [5.74, 6) is 0. The Bertz CT molecular complexity index is 578. The number of ether oxygens (including phenoxy) is 1. The molecule has 1 aliphatic carbocycles. The van der Waals surface area contributed by atoms with Gasteiger partial charge in [-0.25, -0.2) is 4.89 Å². The maximum Gasteiger partial charge on any atom is 0.220 e. The Morgan fingerprint density at radius 2 is 1.45 bits per heavy atom. The van der Waals surface area contributed by atoms with Gasteiger partial charge in [0.25, 0.3) is 0 Å². The van der Waals surface area contributed by atoms with Crippen LogP contribution in [-0.4, -0.2) is 6.29 Å². The zero-order valence-corrected chi connectivity index (χ0v) is 11.1. The summed E-state index contributed by atoms with van der Waals surface area (Å²) in [6.07, 6.45) is 1.40. The first-order valence-electron chi connectivity index (χ1n) is 6.97. The van der Waals surface area contributed by atoms with E-state index >= 15 is 0 Å². The second-order valence-electron chi connectivity index (χ2n) is 5.43. The molecule has 1 saturated heterocycles. The second-order valence-corrected chi connectivity index (χ2v) is 5.43. The molecule has 1 saturated carbocycles. The molecule has 2 aliphatic rings. The van der Waals surface area contributed by atoms with E-state index in [2.05, 4.69) is 24.3 Å². The fourth-order valence-electron chi connectivity index (χ4n) is 2.79. The molecule has 2 unspecified atom stereocenters. The van der Waals surface area contributed by atoms with Crippen LogP contribution in [0.2, 0.25) is 0 Å². The van der Waals surface area contributed by atoms with Gasteiger partial charge in [-0.05, 0) is 18.4 Å². The fourth-order valence-corrected chi connectivity index (χ4v) is 2.79. The SMILES string of the molecule is c1ccc(C2OOC(C3(c4ccccc4)CC3)O2)cc1. The minimum Gasteiger partial charge on any atom is -0.312 e. The van der Waals surface area contributed by atoms with E-state index in [1.807, 2.05) is 36.4 Å². The molecule has 3 heteroatoms. The summed E-state index contributed by atoms with van der Waals surface area (Å²) in [6, 6.07) is 20.3. The van der Waals surface area contributed by atoms with E-state index in [0.717, 1.165) is 18.4 Å². The van der Waals surface area contributed by atoms with Gasteiger partial charge >= 0.3 is 0 Å². The first-order chi connectivity index (χ1) is 9.88. The third kappa shape index (κ3) is 1.95. The molecule has 0 radical (unpaired) electrons. The summed E-state index contributed by atoms with van der Waals surface area (Å²) in [6.45, 7) is 0. The molecular weight excluding hydrogens is 252 g/mol. The van der Waals surface area contributed by atoms with Crippen molar-refractivity contribution in [3.05, 3.63) is 71.8 Å². The van der Waals surface area contributed by atoms with E-state index in [-0.39, 0.29) is 11.7 Å². The maximum absolute atomic E-state index is 5.98. The molecule has 0 aromatic heterocycles. The van der Waals surface area contributed by atoms with Crippen molar-refractivity contribution in [2.24, 2.45) is 0 Å². The third-order valence-corrected chi connectivity index (χ3v) is 4.14. The van der Waals surface area contributed by atoms with Crippen LogP contribution in [0.3, 0.4) is 0 Å². The van der Waals surface area contributed by atoms with Crippen molar-refractivity contribution in [1.82, 2.24) is 0 Å². The molecule has 20 heavy (non-hydrogen) atoms. The van der Waals surface area contributed by atoms with Crippen LogP contribution in [0.1, 0.15) is 30.3 Å². The Morgan fingerprint density at radius 1 is 0.800 bits per heavy atom. The van der Waals surface area contributed by atoms with E-state index in [1.54, 1.807) is 0 Å². The van der Waals surface area contributed by atoms with Gasteiger partial charge in [0.15, 0.2) is 0 Å². The molecule has 1 aliphatic heterocycles. The lowest BCUT2D eigenvalue weighted by atomic mass is 9.95. The van der Waals surface area contributed by atoms with Gasteiger partial charge in [-0.1, -0.05) is 60.7 Å². The predicted molar refractivity (Wildman–Crippen MR) is 73.6 cm³/mol. The van der Waals surface area contributed by atoms with E-state index in [4.69, 9.17) is 14.5 Å². The Labute approximate surface area is 118 Å². The molecule has 4 rings (SSSR count). The molecular formula is C17H16O3. The van der Waals surface area contributed by atoms with Crippen molar-refractivity contribution in [2.75, 3.05) is 0 Å². The predicted octanol–water partition coefficient (Wildman–Crippen LogP) is 3.72. The highest BCUT2D eigenvalue weighted by Crippen LogP contribution is 2.55. The Morgan fingerprint density at radius 3 is 2.10 bits per heavy atom. The minimum absolute atomic E-state index is 0.0369. The second kappa shape index (κ2) is 4.70. The summed E-state index contributed by atoms with van der Waals surface area (Å²) in [5.41, 5.74) is 2.21. The standard InChI is InChI=1S/C17H16O3/c1-3-7-13(8-4-1)15-18-16(20-19-15)17(11-12-17)14-9-5-2-6-10-14/h1-10,15-16H,11-12H2. The molecule has 3 nitrogen and oxygen atoms in total. The lowest BCUT2D eigenvalue weighted by Gasteiger charge is -2.20. The number of benzene rings is 2. The van der Waals surface area contributed by atoms with Crippen LogP contribution in [-0.2, 0) is 19.9 Å². The fraction of sp³-hybridized carbons (Fsp3) is 0.294. The lowest BCUT2D eigenvalue weighted by molar-refractivity contribution is -0.303. The van der Waals surface area contributed by atoms with E-state index in [0.29, 0.717) is 0 Å². The van der Waals surface area contributed by atoms with Crippen molar-refractivity contribution in [3.63, 3.8) is 0 Å². The van der Waals surface area contributed by atoms with Gasteiger partial charge in [0, 0.05) is 11.0 Å². The minimum atomic E-state index is -0.428. The molecule has 0 amide bonds. The van der Waals surface area contributed by atoms with Crippen molar-refractivity contribution in [1.29, 1.82) is 0 Å². The largest absolute Gasteiger partial charge is 0.312 e. The molecule has 1 heterocycles. The normalized spacial score (nSPS) is 27.4. The van der Waals surface area contributed by atoms with Gasteiger partial charge in [0.1, 0.15) is 0 Å². The van der Waals surface area contributed by atoms with E-state index in [9.17, 15) is 0 Å². The number of hydrogen-bond acceptors (Lipinski definition) is 3. The zero-order valence-electron chi connectivity index (χ0n) is 11.1. The first-order valence-corrected chi connectivity index (χ1v) is 6.97. The number of hydrogen-bond donors (Lipinski definition) is 0. The molecule has 0 N–H and O–H groups in total. The Hall–Kier alpha value is -1.68. The molecule has 2 aromatic rings. The quantitative estimate of drug-likeness (QED) is 0.794. The van der Waals surface area contributed by atoms with Crippen molar-refractivity contribution in [3.8, 4) is 0 Å². The average Bonchev–Trinajstić information content (AvgIpc) is 3.19. The van der Waals surface area contributed by atoms with E-state index in [1.165, 1.54) is 5.56 Å². The van der Waals surface area contributed by atoms with Gasteiger partial charge in [-0.2, -0.15) is 4.89 Å². The number of rotatable bonds is 3. The summed E-state index contributed by atoms with van der Waals surface area (Å²) < 4.78 is 5.98. The zero-order chi connectivity index (χ0) is 13.4. The van der Waals surface area contributed by atoms with Crippen LogP contribution >= 0.6 is 0 Å². The molecule has 0 bridgehead atoms. The average molecular weight is 268 g/mol. The summed E-state index contributed by atoms with van der Waals surface area (Å²) in [5, 5.41) is 0. The Kier molecular flexibility index (Phi) is 2.84. The van der Waals surface area contributed by atoms with Gasteiger partial charge in [-0.15, -0.1) is 0 Å². The van der Waals surface area contributed by atoms with Crippen molar-refractivity contribution >= 4 is 0 Å². The van der Waals surface area contributed by atoms with Crippen molar-refractivity contribution in [2.45, 2.75) is 30.8 Å². The first kappa shape index (κ1) is 12.1. The monoisotopic (exact) mass is 268 g/mol. The lowest BCUT2D eigenvalue weighted by Crippen LogP contribution is -2.27. The summed E-state index contributed by atoms with van der Waals surface area (Å²) >= 11 is 0. The highest BCUT2D eigenvalue weighted by atomic mass is 17.3. The maximum atomic E-state index is 5.98. The smallest absolute Gasteiger partial charge is 0.220 e. The van der Waals surface area contributed by atoms with Crippen LogP contribution in [0, 0.1) is 0 Å². The van der Waals surface area contributed by atoms with Crippen LogP contribution in [0.15, 0.2) is 60.7 Å². The summed E-state index contributed by atoms with van der Waals surface area (Å²) in [4.78, 5) is 10.9. The van der Waals surface area contributed by atoms with Crippen LogP contribution in [0.4, 0.5) is 0 Å². The molecule has 102 valence electrons. The molecule has 2 fully saturated rings. The Balaban J connectivity index is 1.55. The van der Waals surface area contributed by atoms with Crippen LogP contribution < -0.4 is 0 Å². The van der Waals surface area contributed by atoms with Crippen LogP contribution in [0.5, 0.6) is 0 Å². The van der Waals surface area contributed by atoms with Crippen LogP contribution in [0.25, 0.3) is 0 Å². The summed E-state index contributed by atoms with van der Waals surface area (Å²) in [7, 11) is 0. The van der Waals surface area contributed by atoms with Gasteiger partial charge in [0.05, 0.1) is 0 Å².